The topological polar surface area (TPSA) is 46.1 Å². The number of pyridine rings is 2. The molecule has 0 aromatic carbocycles. The van der Waals surface area contributed by atoms with Gasteiger partial charge < -0.3 is 0 Å². The van der Waals surface area contributed by atoms with E-state index in [0.717, 1.165) is 18.4 Å². The van der Waals surface area contributed by atoms with E-state index in [4.69, 9.17) is 0 Å². The molecule has 0 aliphatic rings. The minimum Gasteiger partial charge on any atom is -0.297 e. The van der Waals surface area contributed by atoms with E-state index < -0.39 is 5.82 Å². The molecule has 4 nitrogen and oxygen atoms in total. The van der Waals surface area contributed by atoms with Gasteiger partial charge in [-0.3, -0.25) is 19.7 Å². The van der Waals surface area contributed by atoms with Crippen molar-refractivity contribution in [3.05, 3.63) is 59.9 Å². The molecule has 0 aliphatic heterocycles. The van der Waals surface area contributed by atoms with Crippen LogP contribution in [0.1, 0.15) is 29.5 Å². The van der Waals surface area contributed by atoms with Crippen molar-refractivity contribution in [2.75, 3.05) is 13.1 Å². The SMILES string of the molecule is CCN(CCC(=O)c1ccc(F)cn1)Cc1ccccn1. The molecule has 2 aromatic rings. The van der Waals surface area contributed by atoms with E-state index in [9.17, 15) is 9.18 Å². The molecule has 0 unspecified atom stereocenters. The molecule has 2 aromatic heterocycles. The highest BCUT2D eigenvalue weighted by Gasteiger charge is 2.11. The third kappa shape index (κ3) is 4.72. The first kappa shape index (κ1) is 15.3. The first-order chi connectivity index (χ1) is 10.2. The van der Waals surface area contributed by atoms with Crippen LogP contribution in [0.15, 0.2) is 42.7 Å². The van der Waals surface area contributed by atoms with Gasteiger partial charge in [-0.05, 0) is 30.8 Å². The Balaban J connectivity index is 1.88. The molecule has 0 radical (unpaired) electrons. The average molecular weight is 287 g/mol. The standard InChI is InChI=1S/C16H18FN3O/c1-2-20(12-14-5-3-4-9-18-14)10-8-16(21)15-7-6-13(17)11-19-15/h3-7,9,11H,2,8,10,12H2,1H3. The molecule has 0 aliphatic carbocycles. The van der Waals surface area contributed by atoms with Crippen molar-refractivity contribution < 1.29 is 9.18 Å². The number of nitrogens with zero attached hydrogens (tertiary/aromatic N) is 3. The summed E-state index contributed by atoms with van der Waals surface area (Å²) in [6.45, 7) is 4.22. The zero-order chi connectivity index (χ0) is 15.1. The van der Waals surface area contributed by atoms with E-state index in [1.807, 2.05) is 25.1 Å². The molecule has 0 N–H and O–H groups in total. The minimum absolute atomic E-state index is 0.0746. The third-order valence-electron chi connectivity index (χ3n) is 3.23. The van der Waals surface area contributed by atoms with Crippen LogP contribution in [0, 0.1) is 5.82 Å². The number of ketones is 1. The Labute approximate surface area is 123 Å². The van der Waals surface area contributed by atoms with Crippen LogP contribution < -0.4 is 0 Å². The number of Topliss-reactive ketones (excluding diaryl/α,β-unsaturated/α-hetero) is 1. The van der Waals surface area contributed by atoms with E-state index in [1.165, 1.54) is 12.1 Å². The summed E-state index contributed by atoms with van der Waals surface area (Å²) >= 11 is 0. The van der Waals surface area contributed by atoms with Gasteiger partial charge in [-0.25, -0.2) is 4.39 Å². The van der Waals surface area contributed by atoms with E-state index in [2.05, 4.69) is 14.9 Å². The van der Waals surface area contributed by atoms with Gasteiger partial charge in [0.05, 0.1) is 11.9 Å². The lowest BCUT2D eigenvalue weighted by Crippen LogP contribution is -2.26. The van der Waals surface area contributed by atoms with Crippen LogP contribution in [-0.4, -0.2) is 33.7 Å². The molecule has 0 saturated carbocycles. The molecular weight excluding hydrogens is 269 g/mol. The molecule has 0 saturated heterocycles. The highest BCUT2D eigenvalue weighted by atomic mass is 19.1. The summed E-state index contributed by atoms with van der Waals surface area (Å²) in [6, 6.07) is 8.47. The van der Waals surface area contributed by atoms with Crippen molar-refractivity contribution in [2.45, 2.75) is 19.9 Å². The highest BCUT2D eigenvalue weighted by Crippen LogP contribution is 2.06. The van der Waals surface area contributed by atoms with Gasteiger partial charge in [0.2, 0.25) is 0 Å². The Bertz CT molecular complexity index is 572. The molecule has 0 bridgehead atoms. The molecule has 5 heteroatoms. The van der Waals surface area contributed by atoms with Crippen LogP contribution >= 0.6 is 0 Å². The summed E-state index contributed by atoms with van der Waals surface area (Å²) in [4.78, 5) is 22.2. The molecule has 0 fully saturated rings. The minimum atomic E-state index is -0.433. The lowest BCUT2D eigenvalue weighted by atomic mass is 10.2. The van der Waals surface area contributed by atoms with E-state index in [0.29, 0.717) is 25.2 Å². The van der Waals surface area contributed by atoms with Crippen LogP contribution in [0.25, 0.3) is 0 Å². The van der Waals surface area contributed by atoms with E-state index >= 15 is 0 Å². The zero-order valence-corrected chi connectivity index (χ0v) is 12.0. The Kier molecular flexibility index (Phi) is 5.51. The summed E-state index contributed by atoms with van der Waals surface area (Å²) < 4.78 is 12.8. The second kappa shape index (κ2) is 7.59. The Morgan fingerprint density at radius 2 is 2.10 bits per heavy atom. The number of halogens is 1. The van der Waals surface area contributed by atoms with Crippen LogP contribution in [0.2, 0.25) is 0 Å². The van der Waals surface area contributed by atoms with Gasteiger partial charge in [-0.1, -0.05) is 13.0 Å². The first-order valence-electron chi connectivity index (χ1n) is 6.96. The Morgan fingerprint density at radius 1 is 1.24 bits per heavy atom. The van der Waals surface area contributed by atoms with Crippen LogP contribution in [0.4, 0.5) is 4.39 Å². The largest absolute Gasteiger partial charge is 0.297 e. The average Bonchev–Trinajstić information content (AvgIpc) is 2.52. The monoisotopic (exact) mass is 287 g/mol. The fourth-order valence-corrected chi connectivity index (χ4v) is 2.00. The van der Waals surface area contributed by atoms with Crippen molar-refractivity contribution in [2.24, 2.45) is 0 Å². The quantitative estimate of drug-likeness (QED) is 0.735. The van der Waals surface area contributed by atoms with E-state index in [1.54, 1.807) is 6.20 Å². The predicted molar refractivity (Wildman–Crippen MR) is 78.3 cm³/mol. The fourth-order valence-electron chi connectivity index (χ4n) is 2.00. The maximum absolute atomic E-state index is 12.8. The number of hydrogen-bond donors (Lipinski definition) is 0. The van der Waals surface area contributed by atoms with Gasteiger partial charge in [0.25, 0.3) is 0 Å². The number of rotatable bonds is 7. The zero-order valence-electron chi connectivity index (χ0n) is 12.0. The number of aromatic nitrogens is 2. The van der Waals surface area contributed by atoms with Crippen molar-refractivity contribution in [3.63, 3.8) is 0 Å². The maximum Gasteiger partial charge on any atom is 0.182 e. The highest BCUT2D eigenvalue weighted by molar-refractivity contribution is 5.94. The van der Waals surface area contributed by atoms with Gasteiger partial charge in [0, 0.05) is 25.7 Å². The number of carbonyl (C=O) groups is 1. The smallest absolute Gasteiger partial charge is 0.182 e. The van der Waals surface area contributed by atoms with Crippen molar-refractivity contribution in [1.29, 1.82) is 0 Å². The van der Waals surface area contributed by atoms with Crippen molar-refractivity contribution in [1.82, 2.24) is 14.9 Å². The fraction of sp³-hybridized carbons (Fsp3) is 0.312. The van der Waals surface area contributed by atoms with E-state index in [-0.39, 0.29) is 5.78 Å². The maximum atomic E-state index is 12.8. The lowest BCUT2D eigenvalue weighted by Gasteiger charge is -2.19. The number of hydrogen-bond acceptors (Lipinski definition) is 4. The number of carbonyl (C=O) groups excluding carboxylic acids is 1. The molecule has 0 amide bonds. The molecule has 2 rings (SSSR count). The Hall–Kier alpha value is -2.14. The molecule has 0 atom stereocenters. The van der Waals surface area contributed by atoms with Crippen LogP contribution in [0.5, 0.6) is 0 Å². The van der Waals surface area contributed by atoms with Gasteiger partial charge in [0.15, 0.2) is 5.78 Å². The summed E-state index contributed by atoms with van der Waals surface area (Å²) in [5.41, 5.74) is 1.29. The lowest BCUT2D eigenvalue weighted by molar-refractivity contribution is 0.0958. The third-order valence-corrected chi connectivity index (χ3v) is 3.23. The summed E-state index contributed by atoms with van der Waals surface area (Å²) in [5, 5.41) is 0. The van der Waals surface area contributed by atoms with Crippen molar-refractivity contribution in [3.8, 4) is 0 Å². The second-order valence-corrected chi connectivity index (χ2v) is 4.72. The summed E-state index contributed by atoms with van der Waals surface area (Å²) in [7, 11) is 0. The first-order valence-corrected chi connectivity index (χ1v) is 6.96. The summed E-state index contributed by atoms with van der Waals surface area (Å²) in [5.74, 6) is -0.508. The van der Waals surface area contributed by atoms with Gasteiger partial charge in [-0.15, -0.1) is 0 Å². The van der Waals surface area contributed by atoms with Gasteiger partial charge in [0.1, 0.15) is 11.5 Å². The second-order valence-electron chi connectivity index (χ2n) is 4.72. The van der Waals surface area contributed by atoms with Crippen LogP contribution in [0.3, 0.4) is 0 Å². The Morgan fingerprint density at radius 3 is 2.71 bits per heavy atom. The van der Waals surface area contributed by atoms with Gasteiger partial charge >= 0.3 is 0 Å². The van der Waals surface area contributed by atoms with Gasteiger partial charge in [-0.2, -0.15) is 0 Å². The molecule has 0 spiro atoms. The summed E-state index contributed by atoms with van der Waals surface area (Å²) in [6.07, 6.45) is 3.19. The molecule has 21 heavy (non-hydrogen) atoms. The molecular formula is C16H18FN3O. The van der Waals surface area contributed by atoms with Crippen molar-refractivity contribution >= 4 is 5.78 Å². The molecule has 110 valence electrons. The van der Waals surface area contributed by atoms with Crippen LogP contribution in [-0.2, 0) is 6.54 Å². The normalized spacial score (nSPS) is 10.8. The molecule has 2 heterocycles. The predicted octanol–water partition coefficient (Wildman–Crippen LogP) is 2.71.